The highest BCUT2D eigenvalue weighted by Crippen LogP contribution is 2.21. The van der Waals surface area contributed by atoms with E-state index in [0.717, 1.165) is 49.2 Å². The van der Waals surface area contributed by atoms with E-state index in [0.29, 0.717) is 17.3 Å². The molecular weight excluding hydrogens is 433 g/mol. The summed E-state index contributed by atoms with van der Waals surface area (Å²) in [6.45, 7) is 0.987. The van der Waals surface area contributed by atoms with Gasteiger partial charge in [0.25, 0.3) is 5.91 Å². The third-order valence-electron chi connectivity index (χ3n) is 5.78. The van der Waals surface area contributed by atoms with Crippen molar-refractivity contribution >= 4 is 17.5 Å². The van der Waals surface area contributed by atoms with Gasteiger partial charge in [0.05, 0.1) is 17.9 Å². The van der Waals surface area contributed by atoms with Crippen LogP contribution >= 0.6 is 0 Å². The molecule has 2 N–H and O–H groups in total. The van der Waals surface area contributed by atoms with Crippen LogP contribution in [0.3, 0.4) is 0 Å². The van der Waals surface area contributed by atoms with Crippen LogP contribution in [0, 0.1) is 5.82 Å². The maximum Gasteiger partial charge on any atom is 0.251 e. The van der Waals surface area contributed by atoms with Gasteiger partial charge in [0.15, 0.2) is 0 Å². The van der Waals surface area contributed by atoms with E-state index in [4.69, 9.17) is 0 Å². The van der Waals surface area contributed by atoms with Crippen LogP contribution in [-0.2, 0) is 18.3 Å². The molecular formula is C26H30FN5O2. The maximum absolute atomic E-state index is 13.2. The predicted octanol–water partition coefficient (Wildman–Crippen LogP) is 3.62. The van der Waals surface area contributed by atoms with Gasteiger partial charge in [-0.05, 0) is 93.4 Å². The Hall–Kier alpha value is -3.52. The molecule has 178 valence electrons. The summed E-state index contributed by atoms with van der Waals surface area (Å²) in [6, 6.07) is 15.7. The number of halogens is 1. The van der Waals surface area contributed by atoms with Crippen molar-refractivity contribution in [1.29, 1.82) is 0 Å². The van der Waals surface area contributed by atoms with Crippen molar-refractivity contribution in [3.8, 4) is 11.3 Å². The Kier molecular flexibility index (Phi) is 7.37. The molecule has 7 nitrogen and oxygen atoms in total. The number of amides is 2. The average molecular weight is 464 g/mol. The number of hydrogen-bond acceptors (Lipinski definition) is 4. The topological polar surface area (TPSA) is 79.3 Å². The highest BCUT2D eigenvalue weighted by Gasteiger charge is 2.23. The van der Waals surface area contributed by atoms with E-state index in [2.05, 4.69) is 15.7 Å². The number of anilines is 1. The van der Waals surface area contributed by atoms with Crippen LogP contribution in [0.15, 0.2) is 54.6 Å². The van der Waals surface area contributed by atoms with Gasteiger partial charge in [-0.1, -0.05) is 6.07 Å². The van der Waals surface area contributed by atoms with E-state index in [1.165, 1.54) is 12.1 Å². The molecule has 1 fully saturated rings. The van der Waals surface area contributed by atoms with Crippen LogP contribution in [0.4, 0.5) is 10.1 Å². The van der Waals surface area contributed by atoms with Crippen LogP contribution in [-0.4, -0.2) is 52.7 Å². The highest BCUT2D eigenvalue weighted by atomic mass is 19.1. The smallest absolute Gasteiger partial charge is 0.251 e. The second-order valence-electron chi connectivity index (χ2n) is 8.87. The molecule has 1 heterocycles. The quantitative estimate of drug-likeness (QED) is 0.481. The van der Waals surface area contributed by atoms with Crippen molar-refractivity contribution < 1.29 is 14.0 Å². The van der Waals surface area contributed by atoms with E-state index < -0.39 is 0 Å². The van der Waals surface area contributed by atoms with Gasteiger partial charge in [0, 0.05) is 24.3 Å². The lowest BCUT2D eigenvalue weighted by molar-refractivity contribution is -0.117. The molecule has 1 aliphatic rings. The standard InChI is InChI=1S/C26H30FN5O2/c1-31(14-4-7-23-16-24(32(2)30-23)18-8-10-20(27)11-9-18)17-25(33)28-22-6-3-5-19(15-22)26(34)29-21-12-13-21/h3,5-6,8-11,15-16,21H,4,7,12-14,17H2,1-2H3,(H,28,33)(H,29,34). The molecule has 8 heteroatoms. The summed E-state index contributed by atoms with van der Waals surface area (Å²) in [5, 5.41) is 10.4. The van der Waals surface area contributed by atoms with Gasteiger partial charge < -0.3 is 10.6 Å². The van der Waals surface area contributed by atoms with Gasteiger partial charge in [-0.2, -0.15) is 5.10 Å². The Bertz CT molecular complexity index is 1150. The van der Waals surface area contributed by atoms with Crippen LogP contribution in [0.1, 0.15) is 35.3 Å². The van der Waals surface area contributed by atoms with Gasteiger partial charge in [0.2, 0.25) is 5.91 Å². The number of likely N-dealkylation sites (N-methyl/N-ethyl adjacent to an activating group) is 1. The van der Waals surface area contributed by atoms with Crippen molar-refractivity contribution in [2.45, 2.75) is 31.7 Å². The second kappa shape index (κ2) is 10.6. The molecule has 34 heavy (non-hydrogen) atoms. The van der Waals surface area contributed by atoms with Gasteiger partial charge in [-0.3, -0.25) is 19.2 Å². The fourth-order valence-corrected chi connectivity index (χ4v) is 3.83. The number of nitrogens with one attached hydrogen (secondary N) is 2. The first-order valence-electron chi connectivity index (χ1n) is 11.6. The Labute approximate surface area is 199 Å². The number of hydrogen-bond donors (Lipinski definition) is 2. The third-order valence-corrected chi connectivity index (χ3v) is 5.78. The van der Waals surface area contributed by atoms with Crippen LogP contribution in [0.5, 0.6) is 0 Å². The average Bonchev–Trinajstić information content (AvgIpc) is 3.54. The molecule has 0 saturated heterocycles. The SMILES string of the molecule is CN(CCCc1cc(-c2ccc(F)cc2)n(C)n1)CC(=O)Nc1cccc(C(=O)NC2CC2)c1. The van der Waals surface area contributed by atoms with Crippen LogP contribution in [0.25, 0.3) is 11.3 Å². The van der Waals surface area contributed by atoms with E-state index in [9.17, 15) is 14.0 Å². The van der Waals surface area contributed by atoms with Crippen molar-refractivity contribution in [2.75, 3.05) is 25.5 Å². The zero-order chi connectivity index (χ0) is 24.1. The largest absolute Gasteiger partial charge is 0.349 e. The van der Waals surface area contributed by atoms with Crippen LogP contribution < -0.4 is 10.6 Å². The number of carbonyl (C=O) groups is 2. The first-order valence-corrected chi connectivity index (χ1v) is 11.6. The van der Waals surface area contributed by atoms with Gasteiger partial charge in [0.1, 0.15) is 5.82 Å². The summed E-state index contributed by atoms with van der Waals surface area (Å²) in [4.78, 5) is 26.6. The Balaban J connectivity index is 1.22. The molecule has 1 saturated carbocycles. The number of aromatic nitrogens is 2. The number of rotatable bonds is 10. The predicted molar refractivity (Wildman–Crippen MR) is 130 cm³/mol. The molecule has 1 aliphatic carbocycles. The zero-order valence-electron chi connectivity index (χ0n) is 19.6. The monoisotopic (exact) mass is 463 g/mol. The van der Waals surface area contributed by atoms with Crippen LogP contribution in [0.2, 0.25) is 0 Å². The fraction of sp³-hybridized carbons (Fsp3) is 0.346. The summed E-state index contributed by atoms with van der Waals surface area (Å²) in [5.41, 5.74) is 3.99. The number of carbonyl (C=O) groups excluding carboxylic acids is 2. The molecule has 0 spiro atoms. The van der Waals surface area contributed by atoms with Gasteiger partial charge in [-0.25, -0.2) is 4.39 Å². The summed E-state index contributed by atoms with van der Waals surface area (Å²) in [7, 11) is 3.78. The lowest BCUT2D eigenvalue weighted by atomic mass is 10.1. The molecule has 0 bridgehead atoms. The third kappa shape index (κ3) is 6.51. The van der Waals surface area contributed by atoms with Crippen molar-refractivity contribution in [3.05, 3.63) is 71.7 Å². The second-order valence-corrected chi connectivity index (χ2v) is 8.87. The van der Waals surface area contributed by atoms with E-state index in [-0.39, 0.29) is 24.2 Å². The molecule has 1 aromatic heterocycles. The Morgan fingerprint density at radius 3 is 2.65 bits per heavy atom. The van der Waals surface area contributed by atoms with Gasteiger partial charge >= 0.3 is 0 Å². The molecule has 0 aliphatic heterocycles. The number of benzene rings is 2. The highest BCUT2D eigenvalue weighted by molar-refractivity contribution is 5.97. The van der Waals surface area contributed by atoms with E-state index in [1.54, 1.807) is 41.1 Å². The maximum atomic E-state index is 13.2. The fourth-order valence-electron chi connectivity index (χ4n) is 3.83. The first kappa shape index (κ1) is 23.6. The molecule has 2 aromatic carbocycles. The van der Waals surface area contributed by atoms with Crippen molar-refractivity contribution in [2.24, 2.45) is 7.05 Å². The minimum atomic E-state index is -0.259. The molecule has 0 atom stereocenters. The molecule has 0 radical (unpaired) electrons. The van der Waals surface area contributed by atoms with Crippen molar-refractivity contribution in [3.63, 3.8) is 0 Å². The summed E-state index contributed by atoms with van der Waals surface area (Å²) < 4.78 is 15.0. The van der Waals surface area contributed by atoms with Gasteiger partial charge in [-0.15, -0.1) is 0 Å². The molecule has 2 amide bonds. The van der Waals surface area contributed by atoms with Crippen molar-refractivity contribution in [1.82, 2.24) is 20.0 Å². The minimum Gasteiger partial charge on any atom is -0.349 e. The van der Waals surface area contributed by atoms with E-state index in [1.807, 2.05) is 25.1 Å². The first-order chi connectivity index (χ1) is 16.4. The summed E-state index contributed by atoms with van der Waals surface area (Å²) >= 11 is 0. The summed E-state index contributed by atoms with van der Waals surface area (Å²) in [6.07, 6.45) is 3.69. The lowest BCUT2D eigenvalue weighted by Gasteiger charge is -2.16. The number of aryl methyl sites for hydroxylation is 2. The zero-order valence-corrected chi connectivity index (χ0v) is 19.6. The normalized spacial score (nSPS) is 13.2. The Morgan fingerprint density at radius 2 is 1.91 bits per heavy atom. The minimum absolute atomic E-state index is 0.104. The molecule has 4 rings (SSSR count). The summed E-state index contributed by atoms with van der Waals surface area (Å²) in [5.74, 6) is -0.489. The number of nitrogens with zero attached hydrogens (tertiary/aromatic N) is 3. The lowest BCUT2D eigenvalue weighted by Crippen LogP contribution is -2.31. The molecule has 0 unspecified atom stereocenters. The van der Waals surface area contributed by atoms with E-state index >= 15 is 0 Å². The molecule has 3 aromatic rings. The Morgan fingerprint density at radius 1 is 1.15 bits per heavy atom.